The Morgan fingerprint density at radius 3 is 2.81 bits per heavy atom. The third-order valence-corrected chi connectivity index (χ3v) is 3.16. The van der Waals surface area contributed by atoms with Gasteiger partial charge in [0, 0.05) is 19.0 Å². The number of likely N-dealkylation sites (tertiary alicyclic amines) is 1. The number of carboxylic acid groups (broad SMARTS) is 1. The van der Waals surface area contributed by atoms with Crippen LogP contribution in [0.3, 0.4) is 0 Å². The molecule has 1 rings (SSSR count). The van der Waals surface area contributed by atoms with Crippen molar-refractivity contribution in [3.05, 3.63) is 0 Å². The SMILES string of the molecule is CN(C)CC1CCCN1CCCCC(=O)O. The number of hydrogen-bond donors (Lipinski definition) is 1. The minimum absolute atomic E-state index is 0.312. The smallest absolute Gasteiger partial charge is 0.303 e. The summed E-state index contributed by atoms with van der Waals surface area (Å²) in [5.41, 5.74) is 0. The molecule has 0 aromatic carbocycles. The predicted molar refractivity (Wildman–Crippen MR) is 64.6 cm³/mol. The second-order valence-corrected chi connectivity index (χ2v) is 4.95. The Balaban J connectivity index is 2.17. The Bertz CT molecular complexity index is 219. The van der Waals surface area contributed by atoms with Crippen LogP contribution in [0.2, 0.25) is 0 Å². The lowest BCUT2D eigenvalue weighted by Gasteiger charge is -2.26. The molecule has 94 valence electrons. The van der Waals surface area contributed by atoms with E-state index in [9.17, 15) is 4.79 Å². The minimum Gasteiger partial charge on any atom is -0.481 e. The van der Waals surface area contributed by atoms with Gasteiger partial charge >= 0.3 is 5.97 Å². The van der Waals surface area contributed by atoms with Crippen molar-refractivity contribution < 1.29 is 9.90 Å². The predicted octanol–water partition coefficient (Wildman–Crippen LogP) is 1.27. The Kier molecular flexibility index (Phi) is 5.77. The molecule has 0 saturated carbocycles. The number of carboxylic acids is 1. The van der Waals surface area contributed by atoms with Gasteiger partial charge in [-0.15, -0.1) is 0 Å². The topological polar surface area (TPSA) is 43.8 Å². The molecule has 1 saturated heterocycles. The number of carbonyl (C=O) groups is 1. The van der Waals surface area contributed by atoms with Gasteiger partial charge in [0.25, 0.3) is 0 Å². The number of unbranched alkanes of at least 4 members (excludes halogenated alkanes) is 1. The highest BCUT2D eigenvalue weighted by Gasteiger charge is 2.23. The highest BCUT2D eigenvalue weighted by Crippen LogP contribution is 2.18. The molecule has 0 aromatic heterocycles. The zero-order valence-corrected chi connectivity index (χ0v) is 10.5. The summed E-state index contributed by atoms with van der Waals surface area (Å²) in [6.45, 7) is 3.37. The highest BCUT2D eigenvalue weighted by atomic mass is 16.4. The fraction of sp³-hybridized carbons (Fsp3) is 0.917. The molecular formula is C12H24N2O2. The van der Waals surface area contributed by atoms with Crippen LogP contribution < -0.4 is 0 Å². The maximum Gasteiger partial charge on any atom is 0.303 e. The van der Waals surface area contributed by atoms with Crippen molar-refractivity contribution in [3.8, 4) is 0 Å². The van der Waals surface area contributed by atoms with Crippen LogP contribution in [0.15, 0.2) is 0 Å². The minimum atomic E-state index is -0.675. The molecule has 1 aliphatic heterocycles. The molecule has 4 nitrogen and oxygen atoms in total. The first-order chi connectivity index (χ1) is 7.59. The molecule has 0 spiro atoms. The third-order valence-electron chi connectivity index (χ3n) is 3.16. The fourth-order valence-corrected chi connectivity index (χ4v) is 2.41. The standard InChI is InChI=1S/C12H24N2O2/c1-13(2)10-11-6-5-9-14(11)8-4-3-7-12(15)16/h11H,3-10H2,1-2H3,(H,15,16). The van der Waals surface area contributed by atoms with Crippen LogP contribution in [0.5, 0.6) is 0 Å². The lowest BCUT2D eigenvalue weighted by atomic mass is 10.2. The largest absolute Gasteiger partial charge is 0.481 e. The van der Waals surface area contributed by atoms with Gasteiger partial charge in [-0.25, -0.2) is 0 Å². The molecule has 0 bridgehead atoms. The average Bonchev–Trinajstić information content (AvgIpc) is 2.59. The van der Waals surface area contributed by atoms with Gasteiger partial charge in [0.15, 0.2) is 0 Å². The van der Waals surface area contributed by atoms with Crippen molar-refractivity contribution in [2.45, 2.75) is 38.1 Å². The van der Waals surface area contributed by atoms with Crippen molar-refractivity contribution in [2.24, 2.45) is 0 Å². The van der Waals surface area contributed by atoms with Crippen LogP contribution in [0, 0.1) is 0 Å². The van der Waals surface area contributed by atoms with E-state index in [4.69, 9.17) is 5.11 Å². The fourth-order valence-electron chi connectivity index (χ4n) is 2.41. The summed E-state index contributed by atoms with van der Waals surface area (Å²) in [5, 5.41) is 8.56. The van der Waals surface area contributed by atoms with Gasteiger partial charge in [-0.3, -0.25) is 9.69 Å². The molecule has 0 amide bonds. The van der Waals surface area contributed by atoms with E-state index in [1.54, 1.807) is 0 Å². The molecule has 0 aliphatic carbocycles. The van der Waals surface area contributed by atoms with Gasteiger partial charge in [-0.05, 0) is 52.9 Å². The maximum absolute atomic E-state index is 10.4. The maximum atomic E-state index is 10.4. The lowest BCUT2D eigenvalue weighted by molar-refractivity contribution is -0.137. The van der Waals surface area contributed by atoms with Crippen LogP contribution in [-0.2, 0) is 4.79 Å². The molecule has 1 N–H and O–H groups in total. The summed E-state index contributed by atoms with van der Waals surface area (Å²) < 4.78 is 0. The van der Waals surface area contributed by atoms with Gasteiger partial charge in [-0.1, -0.05) is 0 Å². The molecule has 4 heteroatoms. The number of likely N-dealkylation sites (N-methyl/N-ethyl adjacent to an activating group) is 1. The molecule has 16 heavy (non-hydrogen) atoms. The molecule has 1 atom stereocenters. The average molecular weight is 228 g/mol. The van der Waals surface area contributed by atoms with Crippen LogP contribution in [0.4, 0.5) is 0 Å². The van der Waals surface area contributed by atoms with Crippen LogP contribution in [0.1, 0.15) is 32.1 Å². The Labute approximate surface area is 98.2 Å². The number of aliphatic carboxylic acids is 1. The van der Waals surface area contributed by atoms with Crippen LogP contribution in [-0.4, -0.2) is 60.6 Å². The molecule has 0 radical (unpaired) electrons. The van der Waals surface area contributed by atoms with Crippen molar-refractivity contribution in [2.75, 3.05) is 33.7 Å². The molecule has 1 heterocycles. The molecule has 0 aromatic rings. The van der Waals surface area contributed by atoms with Crippen LogP contribution >= 0.6 is 0 Å². The molecule has 1 unspecified atom stereocenters. The van der Waals surface area contributed by atoms with E-state index in [0.717, 1.165) is 25.9 Å². The first kappa shape index (κ1) is 13.5. The van der Waals surface area contributed by atoms with E-state index in [1.165, 1.54) is 19.4 Å². The first-order valence-electron chi connectivity index (χ1n) is 6.20. The van der Waals surface area contributed by atoms with Crippen molar-refractivity contribution >= 4 is 5.97 Å². The van der Waals surface area contributed by atoms with Gasteiger partial charge < -0.3 is 10.0 Å². The van der Waals surface area contributed by atoms with Gasteiger partial charge in [0.1, 0.15) is 0 Å². The van der Waals surface area contributed by atoms with Crippen LogP contribution in [0.25, 0.3) is 0 Å². The second kappa shape index (κ2) is 6.86. The van der Waals surface area contributed by atoms with Gasteiger partial charge in [-0.2, -0.15) is 0 Å². The van der Waals surface area contributed by atoms with E-state index in [0.29, 0.717) is 12.5 Å². The summed E-state index contributed by atoms with van der Waals surface area (Å²) in [6.07, 6.45) is 4.71. The Morgan fingerprint density at radius 2 is 2.19 bits per heavy atom. The van der Waals surface area contributed by atoms with Crippen molar-refractivity contribution in [1.29, 1.82) is 0 Å². The van der Waals surface area contributed by atoms with Crippen molar-refractivity contribution in [1.82, 2.24) is 9.80 Å². The van der Waals surface area contributed by atoms with Gasteiger partial charge in [0.05, 0.1) is 0 Å². The quantitative estimate of drug-likeness (QED) is 0.666. The monoisotopic (exact) mass is 228 g/mol. The summed E-state index contributed by atoms with van der Waals surface area (Å²) >= 11 is 0. The number of hydrogen-bond acceptors (Lipinski definition) is 3. The molecular weight excluding hydrogens is 204 g/mol. The zero-order chi connectivity index (χ0) is 12.0. The first-order valence-corrected chi connectivity index (χ1v) is 6.20. The summed E-state index contributed by atoms with van der Waals surface area (Å²) in [6, 6.07) is 0.680. The van der Waals surface area contributed by atoms with E-state index >= 15 is 0 Å². The van der Waals surface area contributed by atoms with E-state index < -0.39 is 5.97 Å². The Morgan fingerprint density at radius 1 is 1.44 bits per heavy atom. The number of nitrogens with zero attached hydrogens (tertiary/aromatic N) is 2. The normalized spacial score (nSPS) is 21.8. The van der Waals surface area contributed by atoms with Gasteiger partial charge in [0.2, 0.25) is 0 Å². The molecule has 1 aliphatic rings. The Hall–Kier alpha value is -0.610. The summed E-state index contributed by atoms with van der Waals surface area (Å²) in [7, 11) is 4.22. The third kappa shape index (κ3) is 4.94. The zero-order valence-electron chi connectivity index (χ0n) is 10.5. The van der Waals surface area contributed by atoms with E-state index in [1.807, 2.05) is 0 Å². The highest BCUT2D eigenvalue weighted by molar-refractivity contribution is 5.66. The second-order valence-electron chi connectivity index (χ2n) is 4.95. The number of rotatable bonds is 7. The summed E-state index contributed by atoms with van der Waals surface area (Å²) in [5.74, 6) is -0.675. The molecule has 1 fully saturated rings. The van der Waals surface area contributed by atoms with Crippen molar-refractivity contribution in [3.63, 3.8) is 0 Å². The lowest BCUT2D eigenvalue weighted by Crippen LogP contribution is -2.38. The van der Waals surface area contributed by atoms with E-state index in [-0.39, 0.29) is 0 Å². The summed E-state index contributed by atoms with van der Waals surface area (Å²) in [4.78, 5) is 15.1. The van der Waals surface area contributed by atoms with E-state index in [2.05, 4.69) is 23.9 Å².